The van der Waals surface area contributed by atoms with Gasteiger partial charge in [0.15, 0.2) is 0 Å². The number of nitrogens with one attached hydrogen (secondary N) is 2. The van der Waals surface area contributed by atoms with Crippen LogP contribution in [0.3, 0.4) is 0 Å². The van der Waals surface area contributed by atoms with Gasteiger partial charge < -0.3 is 20.5 Å². The first-order valence-electron chi connectivity index (χ1n) is 7.68. The van der Waals surface area contributed by atoms with Gasteiger partial charge in [-0.3, -0.25) is 4.79 Å². The Hall–Kier alpha value is -1.30. The summed E-state index contributed by atoms with van der Waals surface area (Å²) < 4.78 is 5.32. The van der Waals surface area contributed by atoms with Crippen LogP contribution in [0.25, 0.3) is 0 Å². The minimum absolute atomic E-state index is 0.0837. The number of hydrogen-bond donors (Lipinski definition) is 3. The Morgan fingerprint density at radius 2 is 1.76 bits per heavy atom. The Labute approximate surface area is 127 Å². The fraction of sp³-hybridized carbons (Fsp3) is 0.867. The van der Waals surface area contributed by atoms with Gasteiger partial charge in [-0.2, -0.15) is 0 Å². The van der Waals surface area contributed by atoms with Crippen molar-refractivity contribution in [1.82, 2.24) is 10.6 Å². The molecule has 3 N–H and O–H groups in total. The molecule has 124 valence electrons. The van der Waals surface area contributed by atoms with E-state index in [4.69, 9.17) is 9.84 Å². The summed E-state index contributed by atoms with van der Waals surface area (Å²) in [5, 5.41) is 14.2. The molecule has 0 aromatic rings. The molecule has 21 heavy (non-hydrogen) atoms. The lowest BCUT2D eigenvalue weighted by Crippen LogP contribution is -2.38. The molecule has 0 aromatic carbocycles. The predicted molar refractivity (Wildman–Crippen MR) is 82.4 cm³/mol. The van der Waals surface area contributed by atoms with Crippen LogP contribution < -0.4 is 10.6 Å². The van der Waals surface area contributed by atoms with Gasteiger partial charge in [0.1, 0.15) is 0 Å². The monoisotopic (exact) mass is 302 g/mol. The largest absolute Gasteiger partial charge is 0.481 e. The van der Waals surface area contributed by atoms with Gasteiger partial charge in [-0.15, -0.1) is 0 Å². The Bertz CT molecular complexity index is 306. The molecule has 0 aliphatic carbocycles. The quantitative estimate of drug-likeness (QED) is 0.483. The number of carboxylic acids is 1. The third-order valence-corrected chi connectivity index (χ3v) is 3.20. The zero-order chi connectivity index (χ0) is 16.1. The maximum Gasteiger partial charge on any atom is 0.314 e. The molecule has 0 atom stereocenters. The Balaban J connectivity index is 3.58. The number of hydrogen-bond acceptors (Lipinski definition) is 3. The van der Waals surface area contributed by atoms with Crippen LogP contribution >= 0.6 is 0 Å². The maximum atomic E-state index is 11.5. The minimum Gasteiger partial charge on any atom is -0.481 e. The van der Waals surface area contributed by atoms with E-state index in [-0.39, 0.29) is 17.9 Å². The lowest BCUT2D eigenvalue weighted by atomic mass is 9.84. The third kappa shape index (κ3) is 13.4. The van der Waals surface area contributed by atoms with Crippen molar-refractivity contribution >= 4 is 12.0 Å². The summed E-state index contributed by atoms with van der Waals surface area (Å²) >= 11 is 0. The topological polar surface area (TPSA) is 87.7 Å². The van der Waals surface area contributed by atoms with Crippen LogP contribution in [0.5, 0.6) is 0 Å². The lowest BCUT2D eigenvalue weighted by Gasteiger charge is -2.23. The lowest BCUT2D eigenvalue weighted by molar-refractivity contribution is -0.137. The molecule has 0 aromatic heterocycles. The highest BCUT2D eigenvalue weighted by Crippen LogP contribution is 2.25. The zero-order valence-corrected chi connectivity index (χ0v) is 13.5. The molecular weight excluding hydrogens is 272 g/mol. The molecular formula is C15H30N2O4. The first kappa shape index (κ1) is 19.7. The highest BCUT2D eigenvalue weighted by Gasteiger charge is 2.19. The third-order valence-electron chi connectivity index (χ3n) is 3.20. The van der Waals surface area contributed by atoms with E-state index in [0.29, 0.717) is 26.1 Å². The van der Waals surface area contributed by atoms with Gasteiger partial charge in [0.05, 0.1) is 0 Å². The number of rotatable bonds is 12. The summed E-state index contributed by atoms with van der Waals surface area (Å²) in [5.41, 5.74) is -0.0837. The first-order valence-corrected chi connectivity index (χ1v) is 7.68. The average molecular weight is 302 g/mol. The number of ether oxygens (including phenoxy) is 1. The van der Waals surface area contributed by atoms with Crippen molar-refractivity contribution in [3.8, 4) is 0 Å². The highest BCUT2D eigenvalue weighted by atomic mass is 16.5. The van der Waals surface area contributed by atoms with E-state index in [1.807, 2.05) is 13.8 Å². The van der Waals surface area contributed by atoms with Crippen molar-refractivity contribution in [3.05, 3.63) is 0 Å². The van der Waals surface area contributed by atoms with Crippen LogP contribution in [-0.2, 0) is 9.53 Å². The Kier molecular flexibility index (Phi) is 10.7. The highest BCUT2D eigenvalue weighted by molar-refractivity contribution is 5.73. The molecule has 6 nitrogen and oxygen atoms in total. The summed E-state index contributed by atoms with van der Waals surface area (Å²) in [4.78, 5) is 22.1. The Morgan fingerprint density at radius 3 is 2.38 bits per heavy atom. The van der Waals surface area contributed by atoms with Gasteiger partial charge in [-0.25, -0.2) is 4.79 Å². The first-order chi connectivity index (χ1) is 9.87. The number of carboxylic acid groups (broad SMARTS) is 1. The molecule has 6 heteroatoms. The van der Waals surface area contributed by atoms with E-state index in [1.54, 1.807) is 0 Å². The maximum absolute atomic E-state index is 11.5. The second-order valence-electron chi connectivity index (χ2n) is 5.96. The van der Waals surface area contributed by atoms with Crippen LogP contribution in [0.15, 0.2) is 0 Å². The predicted octanol–water partition coefficient (Wildman–Crippen LogP) is 2.38. The number of amides is 2. The van der Waals surface area contributed by atoms with E-state index >= 15 is 0 Å². The van der Waals surface area contributed by atoms with Crippen LogP contribution in [-0.4, -0.2) is 43.4 Å². The second kappa shape index (κ2) is 11.4. The van der Waals surface area contributed by atoms with E-state index in [1.165, 1.54) is 0 Å². The molecule has 0 fully saturated rings. The summed E-state index contributed by atoms with van der Waals surface area (Å²) in [5.74, 6) is -0.779. The van der Waals surface area contributed by atoms with Crippen molar-refractivity contribution in [3.63, 3.8) is 0 Å². The standard InChI is InChI=1S/C15H30N2O4/c1-4-11-21-12-5-9-16-14(20)17-10-8-15(2,3)7-6-13(18)19/h4-12H2,1-3H3,(H,18,19)(H2,16,17,20). The summed E-state index contributed by atoms with van der Waals surface area (Å²) in [6.07, 6.45) is 3.34. The van der Waals surface area contributed by atoms with Gasteiger partial charge in [-0.05, 0) is 31.1 Å². The van der Waals surface area contributed by atoms with Gasteiger partial charge in [0.25, 0.3) is 0 Å². The number of aliphatic carboxylic acids is 1. The fourth-order valence-electron chi connectivity index (χ4n) is 1.77. The number of carbonyl (C=O) groups is 2. The van der Waals surface area contributed by atoms with Crippen molar-refractivity contribution in [2.75, 3.05) is 26.3 Å². The SMILES string of the molecule is CCCOCCCNC(=O)NCCC(C)(C)CCC(=O)O. The van der Waals surface area contributed by atoms with E-state index in [0.717, 1.165) is 25.9 Å². The zero-order valence-electron chi connectivity index (χ0n) is 13.5. The van der Waals surface area contributed by atoms with E-state index in [9.17, 15) is 9.59 Å². The van der Waals surface area contributed by atoms with Crippen molar-refractivity contribution in [2.24, 2.45) is 5.41 Å². The van der Waals surface area contributed by atoms with Crippen molar-refractivity contribution in [1.29, 1.82) is 0 Å². The molecule has 0 unspecified atom stereocenters. The summed E-state index contributed by atoms with van der Waals surface area (Å²) in [6, 6.07) is -0.181. The van der Waals surface area contributed by atoms with Gasteiger partial charge in [-0.1, -0.05) is 20.8 Å². The number of carbonyl (C=O) groups excluding carboxylic acids is 1. The molecule has 0 rings (SSSR count). The molecule has 0 saturated carbocycles. The molecule has 2 amide bonds. The molecule has 0 bridgehead atoms. The summed E-state index contributed by atoms with van der Waals surface area (Å²) in [7, 11) is 0. The Morgan fingerprint density at radius 1 is 1.10 bits per heavy atom. The van der Waals surface area contributed by atoms with Gasteiger partial charge in [0, 0.05) is 32.7 Å². The fourth-order valence-corrected chi connectivity index (χ4v) is 1.77. The van der Waals surface area contributed by atoms with E-state index < -0.39 is 5.97 Å². The molecule has 0 aliphatic rings. The molecule has 0 aliphatic heterocycles. The van der Waals surface area contributed by atoms with Crippen molar-refractivity contribution < 1.29 is 19.4 Å². The van der Waals surface area contributed by atoms with Crippen LogP contribution in [0.2, 0.25) is 0 Å². The second-order valence-corrected chi connectivity index (χ2v) is 5.96. The van der Waals surface area contributed by atoms with Gasteiger partial charge in [0.2, 0.25) is 0 Å². The average Bonchev–Trinajstić information content (AvgIpc) is 2.40. The molecule has 0 spiro atoms. The van der Waals surface area contributed by atoms with Crippen LogP contribution in [0, 0.1) is 5.41 Å². The normalized spacial score (nSPS) is 11.2. The molecule has 0 radical (unpaired) electrons. The molecule has 0 heterocycles. The number of urea groups is 1. The van der Waals surface area contributed by atoms with Crippen molar-refractivity contribution in [2.45, 2.75) is 52.9 Å². The van der Waals surface area contributed by atoms with Crippen LogP contribution in [0.4, 0.5) is 4.79 Å². The van der Waals surface area contributed by atoms with Crippen LogP contribution in [0.1, 0.15) is 52.9 Å². The van der Waals surface area contributed by atoms with E-state index in [2.05, 4.69) is 17.6 Å². The summed E-state index contributed by atoms with van der Waals surface area (Å²) in [6.45, 7) is 8.65. The minimum atomic E-state index is -0.779. The molecule has 0 saturated heterocycles. The smallest absolute Gasteiger partial charge is 0.314 e. The van der Waals surface area contributed by atoms with Gasteiger partial charge >= 0.3 is 12.0 Å².